The summed E-state index contributed by atoms with van der Waals surface area (Å²) in [6.07, 6.45) is 4.22. The summed E-state index contributed by atoms with van der Waals surface area (Å²) in [5.74, 6) is -0.108. The summed E-state index contributed by atoms with van der Waals surface area (Å²) >= 11 is 9.32. The maximum Gasteiger partial charge on any atom is 0.255 e. The summed E-state index contributed by atoms with van der Waals surface area (Å²) < 4.78 is 0.762. The van der Waals surface area contributed by atoms with Crippen LogP contribution >= 0.6 is 27.5 Å². The molecule has 1 saturated carbocycles. The maximum atomic E-state index is 12.5. The lowest BCUT2D eigenvalue weighted by atomic mass is 10.1. The van der Waals surface area contributed by atoms with Crippen LogP contribution in [-0.4, -0.2) is 23.4 Å². The Labute approximate surface area is 126 Å². The molecule has 2 rings (SSSR count). The van der Waals surface area contributed by atoms with Crippen molar-refractivity contribution >= 4 is 33.4 Å². The second-order valence-electron chi connectivity index (χ2n) is 4.66. The van der Waals surface area contributed by atoms with E-state index in [1.54, 1.807) is 23.1 Å². The SMILES string of the molecule is N#CCN(C(=O)c1ccc(Br)c(Cl)c1)C1CCCC1. The highest BCUT2D eigenvalue weighted by Gasteiger charge is 2.27. The predicted molar refractivity (Wildman–Crippen MR) is 78.1 cm³/mol. The minimum Gasteiger partial charge on any atom is -0.322 e. The number of nitrogens with zero attached hydrogens (tertiary/aromatic N) is 2. The van der Waals surface area contributed by atoms with E-state index in [4.69, 9.17) is 16.9 Å². The highest BCUT2D eigenvalue weighted by Crippen LogP contribution is 2.27. The Morgan fingerprint density at radius 2 is 2.16 bits per heavy atom. The molecular weight excluding hydrogens is 328 g/mol. The van der Waals surface area contributed by atoms with Crippen molar-refractivity contribution in [3.05, 3.63) is 33.3 Å². The van der Waals surface area contributed by atoms with Gasteiger partial charge in [0.2, 0.25) is 0 Å². The molecule has 0 aromatic heterocycles. The van der Waals surface area contributed by atoms with Crippen molar-refractivity contribution in [3.8, 4) is 6.07 Å². The van der Waals surface area contributed by atoms with Crippen molar-refractivity contribution < 1.29 is 4.79 Å². The van der Waals surface area contributed by atoms with Gasteiger partial charge in [0.15, 0.2) is 0 Å². The first-order chi connectivity index (χ1) is 9.13. The van der Waals surface area contributed by atoms with Gasteiger partial charge in [-0.25, -0.2) is 0 Å². The smallest absolute Gasteiger partial charge is 0.255 e. The number of hydrogen-bond acceptors (Lipinski definition) is 2. The Bertz CT molecular complexity index is 521. The molecule has 100 valence electrons. The van der Waals surface area contributed by atoms with Gasteiger partial charge in [0.25, 0.3) is 5.91 Å². The van der Waals surface area contributed by atoms with Crippen molar-refractivity contribution in [3.63, 3.8) is 0 Å². The van der Waals surface area contributed by atoms with Crippen molar-refractivity contribution in [1.82, 2.24) is 4.90 Å². The van der Waals surface area contributed by atoms with Crippen LogP contribution in [-0.2, 0) is 0 Å². The molecule has 0 bridgehead atoms. The van der Waals surface area contributed by atoms with E-state index < -0.39 is 0 Å². The van der Waals surface area contributed by atoms with Crippen LogP contribution < -0.4 is 0 Å². The number of halogens is 2. The number of hydrogen-bond donors (Lipinski definition) is 0. The highest BCUT2D eigenvalue weighted by atomic mass is 79.9. The van der Waals surface area contributed by atoms with Gasteiger partial charge >= 0.3 is 0 Å². The van der Waals surface area contributed by atoms with E-state index in [9.17, 15) is 4.79 Å². The molecule has 19 heavy (non-hydrogen) atoms. The number of benzene rings is 1. The zero-order valence-electron chi connectivity index (χ0n) is 10.4. The summed E-state index contributed by atoms with van der Waals surface area (Å²) in [5, 5.41) is 9.42. The maximum absolute atomic E-state index is 12.5. The lowest BCUT2D eigenvalue weighted by Gasteiger charge is -2.26. The van der Waals surface area contributed by atoms with Crippen LogP contribution in [0.4, 0.5) is 0 Å². The summed E-state index contributed by atoms with van der Waals surface area (Å²) in [5.41, 5.74) is 0.537. The van der Waals surface area contributed by atoms with E-state index in [0.29, 0.717) is 10.6 Å². The summed E-state index contributed by atoms with van der Waals surface area (Å²) in [6, 6.07) is 7.41. The molecule has 5 heteroatoms. The molecule has 0 N–H and O–H groups in total. The molecule has 1 aromatic rings. The molecule has 1 aliphatic rings. The largest absolute Gasteiger partial charge is 0.322 e. The fourth-order valence-corrected chi connectivity index (χ4v) is 2.88. The first-order valence-corrected chi connectivity index (χ1v) is 7.43. The van der Waals surface area contributed by atoms with Gasteiger partial charge in [0.1, 0.15) is 6.54 Å². The average Bonchev–Trinajstić information content (AvgIpc) is 2.92. The van der Waals surface area contributed by atoms with Crippen LogP contribution in [0.1, 0.15) is 36.0 Å². The molecule has 0 atom stereocenters. The van der Waals surface area contributed by atoms with Gasteiger partial charge in [-0.3, -0.25) is 4.79 Å². The van der Waals surface area contributed by atoms with Crippen molar-refractivity contribution in [1.29, 1.82) is 5.26 Å². The van der Waals surface area contributed by atoms with Crippen molar-refractivity contribution in [2.24, 2.45) is 0 Å². The van der Waals surface area contributed by atoms with Crippen molar-refractivity contribution in [2.45, 2.75) is 31.7 Å². The summed E-state index contributed by atoms with van der Waals surface area (Å²) in [4.78, 5) is 14.2. The molecule has 1 fully saturated rings. The summed E-state index contributed by atoms with van der Waals surface area (Å²) in [6.45, 7) is 0.136. The third-order valence-electron chi connectivity index (χ3n) is 3.43. The van der Waals surface area contributed by atoms with Gasteiger partial charge in [0.05, 0.1) is 11.1 Å². The van der Waals surface area contributed by atoms with E-state index in [2.05, 4.69) is 22.0 Å². The molecule has 0 saturated heterocycles. The number of amides is 1. The first kappa shape index (κ1) is 14.4. The second-order valence-corrected chi connectivity index (χ2v) is 5.92. The standard InChI is InChI=1S/C14H14BrClN2O/c15-12-6-5-10(9-13(12)16)14(19)18(8-7-17)11-3-1-2-4-11/h5-6,9,11H,1-4,8H2. The van der Waals surface area contributed by atoms with Gasteiger partial charge in [-0.05, 0) is 47.0 Å². The molecule has 1 amide bonds. The highest BCUT2D eigenvalue weighted by molar-refractivity contribution is 9.10. The Kier molecular flexibility index (Phi) is 4.84. The molecule has 1 aliphatic carbocycles. The Hall–Kier alpha value is -1.05. The average molecular weight is 342 g/mol. The van der Waals surface area contributed by atoms with E-state index in [1.165, 1.54) is 0 Å². The van der Waals surface area contributed by atoms with Gasteiger partial charge in [-0.2, -0.15) is 5.26 Å². The van der Waals surface area contributed by atoms with Gasteiger partial charge in [0, 0.05) is 16.1 Å². The lowest BCUT2D eigenvalue weighted by molar-refractivity contribution is 0.0709. The lowest BCUT2D eigenvalue weighted by Crippen LogP contribution is -2.39. The predicted octanol–water partition coefficient (Wildman–Crippen LogP) is 4.01. The van der Waals surface area contributed by atoms with Crippen LogP contribution in [0.2, 0.25) is 5.02 Å². The summed E-state index contributed by atoms with van der Waals surface area (Å²) in [7, 11) is 0. The molecule has 0 unspecified atom stereocenters. The molecule has 0 heterocycles. The Morgan fingerprint density at radius 1 is 1.47 bits per heavy atom. The third kappa shape index (κ3) is 3.29. The minimum absolute atomic E-state index is 0.108. The molecule has 0 aliphatic heterocycles. The zero-order chi connectivity index (χ0) is 13.8. The second kappa shape index (κ2) is 6.40. The minimum atomic E-state index is -0.108. The Balaban J connectivity index is 2.23. The van der Waals surface area contributed by atoms with Crippen molar-refractivity contribution in [2.75, 3.05) is 6.54 Å². The first-order valence-electron chi connectivity index (χ1n) is 6.26. The molecule has 1 aromatic carbocycles. The van der Waals surface area contributed by atoms with Crippen LogP contribution in [0.3, 0.4) is 0 Å². The monoisotopic (exact) mass is 340 g/mol. The number of rotatable bonds is 3. The number of carbonyl (C=O) groups excluding carboxylic acids is 1. The van der Waals surface area contributed by atoms with E-state index >= 15 is 0 Å². The van der Waals surface area contributed by atoms with Crippen LogP contribution in [0.5, 0.6) is 0 Å². The van der Waals surface area contributed by atoms with Gasteiger partial charge in [-0.15, -0.1) is 0 Å². The molecule has 0 spiro atoms. The van der Waals surface area contributed by atoms with E-state index in [1.807, 2.05) is 0 Å². The number of nitriles is 1. The van der Waals surface area contributed by atoms with Crippen LogP contribution in [0.15, 0.2) is 22.7 Å². The van der Waals surface area contributed by atoms with E-state index in [0.717, 1.165) is 30.2 Å². The molecule has 0 radical (unpaired) electrons. The van der Waals surface area contributed by atoms with Gasteiger partial charge in [-0.1, -0.05) is 24.4 Å². The third-order valence-corrected chi connectivity index (χ3v) is 4.67. The number of carbonyl (C=O) groups is 1. The topological polar surface area (TPSA) is 44.1 Å². The van der Waals surface area contributed by atoms with Crippen LogP contribution in [0, 0.1) is 11.3 Å². The molecular formula is C14H14BrClN2O. The van der Waals surface area contributed by atoms with Crippen LogP contribution in [0.25, 0.3) is 0 Å². The Morgan fingerprint density at radius 3 is 2.74 bits per heavy atom. The fourth-order valence-electron chi connectivity index (χ4n) is 2.45. The fraction of sp³-hybridized carbons (Fsp3) is 0.429. The quantitative estimate of drug-likeness (QED) is 0.780. The molecule has 3 nitrogen and oxygen atoms in total. The van der Waals surface area contributed by atoms with Gasteiger partial charge < -0.3 is 4.90 Å². The van der Waals surface area contributed by atoms with E-state index in [-0.39, 0.29) is 18.5 Å². The normalized spacial score (nSPS) is 15.2. The zero-order valence-corrected chi connectivity index (χ0v) is 12.7.